The maximum absolute atomic E-state index is 9.49. The number of hydrogen-bond donors (Lipinski definition) is 0. The quantitative estimate of drug-likeness (QED) is 0.142. The predicted molar refractivity (Wildman–Crippen MR) is 290 cm³/mol. The van der Waals surface area contributed by atoms with Crippen LogP contribution in [0, 0.1) is 17.9 Å². The molecular weight excluding hydrogens is 881 g/mol. The number of nitriles is 1. The first-order valence-electron chi connectivity index (χ1n) is 23.6. The summed E-state index contributed by atoms with van der Waals surface area (Å²) >= 11 is 0. The highest BCUT2D eigenvalue weighted by molar-refractivity contribution is 6.13. The van der Waals surface area contributed by atoms with Gasteiger partial charge in [-0.2, -0.15) is 5.26 Å². The number of fused-ring (bicyclic) bond motifs is 6. The van der Waals surface area contributed by atoms with Crippen LogP contribution in [0.1, 0.15) is 5.56 Å². The smallest absolute Gasteiger partial charge is 0.187 e. The molecule has 9 aromatic carbocycles. The van der Waals surface area contributed by atoms with Crippen molar-refractivity contribution in [3.8, 4) is 85.0 Å². The van der Waals surface area contributed by atoms with Gasteiger partial charge in [0.15, 0.2) is 23.2 Å². The van der Waals surface area contributed by atoms with E-state index < -0.39 is 0 Å². The third kappa shape index (κ3) is 7.15. The number of aromatic nitrogens is 6. The Labute approximate surface area is 414 Å². The first-order chi connectivity index (χ1) is 35.6. The molecule has 0 N–H and O–H groups in total. The lowest BCUT2D eigenvalue weighted by Crippen LogP contribution is -2.04. The van der Waals surface area contributed by atoms with Crippen LogP contribution in [-0.4, -0.2) is 29.1 Å². The van der Waals surface area contributed by atoms with Crippen LogP contribution < -0.4 is 0 Å². The Hall–Kier alpha value is -10.3. The van der Waals surface area contributed by atoms with Crippen molar-refractivity contribution >= 4 is 49.3 Å². The van der Waals surface area contributed by atoms with Crippen LogP contribution in [-0.2, 0) is 0 Å². The first kappa shape index (κ1) is 41.9. The Morgan fingerprint density at radius 2 is 0.861 bits per heavy atom. The van der Waals surface area contributed by atoms with E-state index in [1.165, 1.54) is 0 Å². The fraction of sp³-hybridized carbons (Fsp3) is 0. The van der Waals surface area contributed by atoms with Gasteiger partial charge in [-0.1, -0.05) is 158 Å². The Kier molecular flexibility index (Phi) is 10.1. The molecule has 0 spiro atoms. The highest BCUT2D eigenvalue weighted by atomic mass is 15.0. The summed E-state index contributed by atoms with van der Waals surface area (Å²) in [4.78, 5) is 23.9. The molecule has 0 aliphatic carbocycles. The predicted octanol–water partition coefficient (Wildman–Crippen LogP) is 15.9. The van der Waals surface area contributed by atoms with E-state index in [2.05, 4.69) is 129 Å². The third-order valence-electron chi connectivity index (χ3n) is 13.5. The first-order valence-corrected chi connectivity index (χ1v) is 23.6. The van der Waals surface area contributed by atoms with Crippen molar-refractivity contribution in [3.05, 3.63) is 248 Å². The lowest BCUT2D eigenvalue weighted by Gasteiger charge is -2.19. The number of nitrogens with zero attached hydrogens (tertiary/aromatic N) is 8. The van der Waals surface area contributed by atoms with Crippen LogP contribution in [0.4, 0.5) is 5.69 Å². The van der Waals surface area contributed by atoms with E-state index in [0.717, 1.165) is 105 Å². The summed E-state index contributed by atoms with van der Waals surface area (Å²) in [5.41, 5.74) is 16.1. The zero-order valence-corrected chi connectivity index (χ0v) is 38.5. The van der Waals surface area contributed by atoms with Gasteiger partial charge in [-0.3, -0.25) is 4.98 Å². The molecule has 0 amide bonds. The van der Waals surface area contributed by atoms with Gasteiger partial charge in [0.2, 0.25) is 0 Å². The lowest BCUT2D eigenvalue weighted by molar-refractivity contribution is 1.07. The van der Waals surface area contributed by atoms with Crippen molar-refractivity contribution in [1.82, 2.24) is 29.1 Å². The normalized spacial score (nSPS) is 11.3. The molecule has 0 fully saturated rings. The van der Waals surface area contributed by atoms with Crippen molar-refractivity contribution in [3.63, 3.8) is 0 Å². The molecule has 0 saturated carbocycles. The molecule has 0 unspecified atom stereocenters. The fourth-order valence-electron chi connectivity index (χ4n) is 10.1. The monoisotopic (exact) mass is 918 g/mol. The van der Waals surface area contributed by atoms with Crippen molar-refractivity contribution in [1.29, 1.82) is 5.26 Å². The molecule has 334 valence electrons. The summed E-state index contributed by atoms with van der Waals surface area (Å²) in [6.45, 7) is 7.52. The van der Waals surface area contributed by atoms with Crippen LogP contribution in [0.2, 0.25) is 0 Å². The molecule has 8 nitrogen and oxygen atoms in total. The zero-order valence-electron chi connectivity index (χ0n) is 38.5. The van der Waals surface area contributed by atoms with Gasteiger partial charge in [0.05, 0.1) is 51.6 Å². The average Bonchev–Trinajstić information content (AvgIpc) is 3.97. The van der Waals surface area contributed by atoms with Gasteiger partial charge in [0, 0.05) is 61.8 Å². The van der Waals surface area contributed by atoms with Crippen molar-refractivity contribution in [2.45, 2.75) is 0 Å². The summed E-state index contributed by atoms with van der Waals surface area (Å²) in [5.74, 6) is 1.72. The van der Waals surface area contributed by atoms with Crippen LogP contribution in [0.15, 0.2) is 231 Å². The number of para-hydroxylation sites is 2. The van der Waals surface area contributed by atoms with E-state index in [4.69, 9.17) is 26.5 Å². The molecule has 4 aromatic heterocycles. The highest BCUT2D eigenvalue weighted by Gasteiger charge is 2.23. The van der Waals surface area contributed by atoms with Crippen LogP contribution in [0.3, 0.4) is 0 Å². The Morgan fingerprint density at radius 1 is 0.389 bits per heavy atom. The second kappa shape index (κ2) is 17.4. The molecule has 0 saturated heterocycles. The molecule has 13 aromatic rings. The van der Waals surface area contributed by atoms with Gasteiger partial charge >= 0.3 is 0 Å². The Balaban J connectivity index is 1.07. The summed E-state index contributed by atoms with van der Waals surface area (Å²) in [6, 6.07) is 76.9. The van der Waals surface area contributed by atoms with E-state index in [1.54, 1.807) is 0 Å². The van der Waals surface area contributed by atoms with Gasteiger partial charge in [-0.15, -0.1) is 0 Å². The molecule has 13 rings (SSSR count). The van der Waals surface area contributed by atoms with Crippen LogP contribution in [0.25, 0.3) is 127 Å². The van der Waals surface area contributed by atoms with E-state index in [-0.39, 0.29) is 0 Å². The second-order valence-electron chi connectivity index (χ2n) is 17.7. The Morgan fingerprint density at radius 3 is 1.42 bits per heavy atom. The van der Waals surface area contributed by atoms with E-state index in [1.807, 2.05) is 122 Å². The van der Waals surface area contributed by atoms with Gasteiger partial charge < -0.3 is 9.13 Å². The molecule has 72 heavy (non-hydrogen) atoms. The third-order valence-corrected chi connectivity index (χ3v) is 13.5. The molecule has 4 heterocycles. The maximum Gasteiger partial charge on any atom is 0.187 e. The lowest BCUT2D eigenvalue weighted by atomic mass is 9.99. The largest absolute Gasteiger partial charge is 0.309 e. The molecule has 0 atom stereocenters. The van der Waals surface area contributed by atoms with E-state index >= 15 is 0 Å². The fourth-order valence-corrected chi connectivity index (χ4v) is 10.1. The van der Waals surface area contributed by atoms with Gasteiger partial charge in [0.25, 0.3) is 0 Å². The van der Waals surface area contributed by atoms with Gasteiger partial charge in [0.1, 0.15) is 0 Å². The topological polar surface area (TPSA) is 89.6 Å². The van der Waals surface area contributed by atoms with E-state index in [9.17, 15) is 5.26 Å². The second-order valence-corrected chi connectivity index (χ2v) is 17.7. The molecule has 0 bridgehead atoms. The minimum atomic E-state index is 0.549. The standard InChI is InChI=1S/C64H38N8/c1-66-49-29-24-43(25-30-49)47-28-33-59-54(37-47)51-17-9-11-19-57(51)72(59)61-38-48(64-69-62(44-12-4-2-5-13-44)68-63(70-64)45-14-6-3-7-15-45)26-31-52(61)55-40-67-35-34-60(55)71-56-18-10-8-16-50(56)53-36-46(27-32-58(53)71)42-22-20-41(39-65)21-23-42/h2-38,40H. The summed E-state index contributed by atoms with van der Waals surface area (Å²) in [5, 5.41) is 13.9. The summed E-state index contributed by atoms with van der Waals surface area (Å²) in [7, 11) is 0. The molecule has 0 aliphatic heterocycles. The van der Waals surface area contributed by atoms with Gasteiger partial charge in [-0.25, -0.2) is 19.8 Å². The number of rotatable bonds is 8. The summed E-state index contributed by atoms with van der Waals surface area (Å²) in [6.07, 6.45) is 3.84. The SMILES string of the molecule is [C-]#[N+]c1ccc(-c2ccc3c(c2)c2ccccc2n3-c2cc(-c3nc(-c4ccccc4)nc(-c4ccccc4)n3)ccc2-c2cnccc2-n2c3ccccc3c3cc(-c4ccc(C#N)cc4)ccc32)cc1. The van der Waals surface area contributed by atoms with E-state index in [0.29, 0.717) is 28.7 Å². The van der Waals surface area contributed by atoms with Crippen molar-refractivity contribution in [2.75, 3.05) is 0 Å². The highest BCUT2D eigenvalue weighted by Crippen LogP contribution is 2.43. The molecule has 8 heteroatoms. The number of benzene rings is 9. The average molecular weight is 919 g/mol. The van der Waals surface area contributed by atoms with Gasteiger partial charge in [-0.05, 0) is 82.9 Å². The van der Waals surface area contributed by atoms with Crippen LogP contribution in [0.5, 0.6) is 0 Å². The number of hydrogen-bond acceptors (Lipinski definition) is 5. The van der Waals surface area contributed by atoms with Crippen molar-refractivity contribution in [2.24, 2.45) is 0 Å². The van der Waals surface area contributed by atoms with Crippen LogP contribution >= 0.6 is 0 Å². The maximum atomic E-state index is 9.49. The minimum absolute atomic E-state index is 0.549. The molecule has 0 aliphatic rings. The zero-order chi connectivity index (χ0) is 48.1. The summed E-state index contributed by atoms with van der Waals surface area (Å²) < 4.78 is 4.71. The minimum Gasteiger partial charge on any atom is -0.309 e. The van der Waals surface area contributed by atoms with Crippen molar-refractivity contribution < 1.29 is 0 Å². The Bertz CT molecular complexity index is 4270. The molecular formula is C64H38N8. The number of pyridine rings is 1. The molecule has 0 radical (unpaired) electrons.